The molecule has 3 aromatic rings. The SMILES string of the molecule is Cc1cc([C@H]2CN(Cc3ccc4ccccc4n3)CCO2)nc(C)n1. The van der Waals surface area contributed by atoms with Gasteiger partial charge in [0.25, 0.3) is 0 Å². The molecule has 0 N–H and O–H groups in total. The molecular weight excluding hydrogens is 312 g/mol. The topological polar surface area (TPSA) is 51.1 Å². The summed E-state index contributed by atoms with van der Waals surface area (Å²) >= 11 is 0. The summed E-state index contributed by atoms with van der Waals surface area (Å²) in [6.45, 7) is 7.19. The summed E-state index contributed by atoms with van der Waals surface area (Å²) < 4.78 is 5.96. The molecule has 4 rings (SSSR count). The molecule has 1 fully saturated rings. The number of pyridine rings is 1. The van der Waals surface area contributed by atoms with Crippen LogP contribution in [0.2, 0.25) is 0 Å². The van der Waals surface area contributed by atoms with Crippen molar-refractivity contribution in [2.45, 2.75) is 26.5 Å². The number of fused-ring (bicyclic) bond motifs is 1. The normalized spacial score (nSPS) is 18.6. The molecule has 0 unspecified atom stereocenters. The molecule has 1 atom stereocenters. The Labute approximate surface area is 147 Å². The van der Waals surface area contributed by atoms with Gasteiger partial charge >= 0.3 is 0 Å². The smallest absolute Gasteiger partial charge is 0.125 e. The number of ether oxygens (including phenoxy) is 1. The average molecular weight is 334 g/mol. The Morgan fingerprint density at radius 1 is 1.08 bits per heavy atom. The van der Waals surface area contributed by atoms with Gasteiger partial charge in [-0.05, 0) is 32.0 Å². The highest BCUT2D eigenvalue weighted by Crippen LogP contribution is 2.22. The zero-order valence-electron chi connectivity index (χ0n) is 14.6. The van der Waals surface area contributed by atoms with Crippen LogP contribution in [0.25, 0.3) is 10.9 Å². The second kappa shape index (κ2) is 6.86. The van der Waals surface area contributed by atoms with Gasteiger partial charge in [-0.25, -0.2) is 9.97 Å². The largest absolute Gasteiger partial charge is 0.369 e. The van der Waals surface area contributed by atoms with Gasteiger partial charge in [-0.3, -0.25) is 9.88 Å². The van der Waals surface area contributed by atoms with Crippen LogP contribution in [0.4, 0.5) is 0 Å². The van der Waals surface area contributed by atoms with Crippen LogP contribution in [0.15, 0.2) is 42.5 Å². The molecule has 128 valence electrons. The molecule has 0 spiro atoms. The third-order valence-electron chi connectivity index (χ3n) is 4.51. The molecule has 1 aliphatic heterocycles. The van der Waals surface area contributed by atoms with Crippen molar-refractivity contribution in [2.75, 3.05) is 19.7 Å². The maximum Gasteiger partial charge on any atom is 0.125 e. The van der Waals surface area contributed by atoms with Crippen molar-refractivity contribution in [3.8, 4) is 0 Å². The Hall–Kier alpha value is -2.37. The minimum atomic E-state index is -0.00499. The van der Waals surface area contributed by atoms with Crippen molar-refractivity contribution in [3.63, 3.8) is 0 Å². The Balaban J connectivity index is 1.50. The second-order valence-electron chi connectivity index (χ2n) is 6.57. The minimum absolute atomic E-state index is 0.00499. The number of rotatable bonds is 3. The number of nitrogens with zero attached hydrogens (tertiary/aromatic N) is 4. The summed E-state index contributed by atoms with van der Waals surface area (Å²) in [7, 11) is 0. The van der Waals surface area contributed by atoms with E-state index in [-0.39, 0.29) is 6.10 Å². The van der Waals surface area contributed by atoms with Crippen LogP contribution < -0.4 is 0 Å². The van der Waals surface area contributed by atoms with Gasteiger partial charge in [0.1, 0.15) is 11.9 Å². The number of hydrogen-bond acceptors (Lipinski definition) is 5. The highest BCUT2D eigenvalue weighted by molar-refractivity contribution is 5.78. The number of aryl methyl sites for hydroxylation is 2. The quantitative estimate of drug-likeness (QED) is 0.736. The maximum absolute atomic E-state index is 5.96. The number of morpholine rings is 1. The van der Waals surface area contributed by atoms with Gasteiger partial charge in [0, 0.05) is 30.7 Å². The lowest BCUT2D eigenvalue weighted by atomic mass is 10.1. The molecule has 1 aromatic carbocycles. The van der Waals surface area contributed by atoms with E-state index in [1.165, 1.54) is 5.39 Å². The van der Waals surface area contributed by atoms with Crippen LogP contribution >= 0.6 is 0 Å². The Bertz CT molecular complexity index is 876. The molecule has 0 saturated carbocycles. The van der Waals surface area contributed by atoms with E-state index in [1.54, 1.807) is 0 Å². The van der Waals surface area contributed by atoms with E-state index in [1.807, 2.05) is 32.0 Å². The van der Waals surface area contributed by atoms with Gasteiger partial charge in [-0.1, -0.05) is 24.3 Å². The van der Waals surface area contributed by atoms with Crippen LogP contribution in [-0.4, -0.2) is 39.5 Å². The standard InChI is InChI=1S/C20H22N4O/c1-14-11-19(22-15(2)21-14)20-13-24(9-10-25-20)12-17-8-7-16-5-3-4-6-18(16)23-17/h3-8,11,20H,9-10,12-13H2,1-2H3/t20-/m1/s1. The van der Waals surface area contributed by atoms with E-state index in [0.717, 1.165) is 48.1 Å². The molecule has 2 aromatic heterocycles. The van der Waals surface area contributed by atoms with Crippen LogP contribution in [0, 0.1) is 13.8 Å². The predicted octanol–water partition coefficient (Wildman–Crippen LogP) is 3.22. The molecule has 5 heteroatoms. The van der Waals surface area contributed by atoms with E-state index in [0.29, 0.717) is 6.61 Å². The van der Waals surface area contributed by atoms with Gasteiger partial charge < -0.3 is 4.74 Å². The van der Waals surface area contributed by atoms with Crippen LogP contribution in [-0.2, 0) is 11.3 Å². The van der Waals surface area contributed by atoms with E-state index < -0.39 is 0 Å². The van der Waals surface area contributed by atoms with Crippen molar-refractivity contribution < 1.29 is 4.74 Å². The fraction of sp³-hybridized carbons (Fsp3) is 0.350. The van der Waals surface area contributed by atoms with E-state index in [4.69, 9.17) is 9.72 Å². The van der Waals surface area contributed by atoms with Gasteiger partial charge in [-0.15, -0.1) is 0 Å². The van der Waals surface area contributed by atoms with Crippen LogP contribution in [0.3, 0.4) is 0 Å². The van der Waals surface area contributed by atoms with E-state index in [9.17, 15) is 0 Å². The summed E-state index contributed by atoms with van der Waals surface area (Å²) in [5.41, 5.74) is 4.10. The van der Waals surface area contributed by atoms with Crippen molar-refractivity contribution in [3.05, 3.63) is 65.4 Å². The lowest BCUT2D eigenvalue weighted by molar-refractivity contribution is -0.0354. The van der Waals surface area contributed by atoms with Gasteiger partial charge in [0.15, 0.2) is 0 Å². The molecule has 3 heterocycles. The van der Waals surface area contributed by atoms with Gasteiger partial charge in [0.05, 0.1) is 23.5 Å². The van der Waals surface area contributed by atoms with Crippen molar-refractivity contribution >= 4 is 10.9 Å². The minimum Gasteiger partial charge on any atom is -0.369 e. The molecular formula is C20H22N4O. The Kier molecular flexibility index (Phi) is 4.42. The second-order valence-corrected chi connectivity index (χ2v) is 6.57. The maximum atomic E-state index is 5.96. The molecule has 0 amide bonds. The van der Waals surface area contributed by atoms with Crippen LogP contribution in [0.5, 0.6) is 0 Å². The van der Waals surface area contributed by atoms with Gasteiger partial charge in [-0.2, -0.15) is 0 Å². The molecule has 1 aliphatic rings. The molecule has 0 aliphatic carbocycles. The number of hydrogen-bond donors (Lipinski definition) is 0. The van der Waals surface area contributed by atoms with Crippen LogP contribution in [0.1, 0.15) is 29.0 Å². The lowest BCUT2D eigenvalue weighted by Gasteiger charge is -2.32. The molecule has 1 saturated heterocycles. The predicted molar refractivity (Wildman–Crippen MR) is 97.2 cm³/mol. The van der Waals surface area contributed by atoms with Crippen molar-refractivity contribution in [2.24, 2.45) is 0 Å². The first-order valence-electron chi connectivity index (χ1n) is 8.68. The first-order valence-corrected chi connectivity index (χ1v) is 8.68. The average Bonchev–Trinajstić information content (AvgIpc) is 2.61. The summed E-state index contributed by atoms with van der Waals surface area (Å²) in [5, 5.41) is 1.18. The summed E-state index contributed by atoms with van der Waals surface area (Å²) in [6.07, 6.45) is -0.00499. The van der Waals surface area contributed by atoms with E-state index >= 15 is 0 Å². The van der Waals surface area contributed by atoms with Crippen molar-refractivity contribution in [1.29, 1.82) is 0 Å². The summed E-state index contributed by atoms with van der Waals surface area (Å²) in [4.78, 5) is 16.1. The zero-order chi connectivity index (χ0) is 17.2. The van der Waals surface area contributed by atoms with Crippen molar-refractivity contribution in [1.82, 2.24) is 19.9 Å². The monoisotopic (exact) mass is 334 g/mol. The summed E-state index contributed by atoms with van der Waals surface area (Å²) in [6, 6.07) is 14.5. The molecule has 25 heavy (non-hydrogen) atoms. The fourth-order valence-corrected chi connectivity index (χ4v) is 3.36. The number of benzene rings is 1. The molecule has 0 radical (unpaired) electrons. The first kappa shape index (κ1) is 16.1. The molecule has 0 bridgehead atoms. The summed E-state index contributed by atoms with van der Waals surface area (Å²) in [5.74, 6) is 0.798. The Morgan fingerprint density at radius 3 is 2.84 bits per heavy atom. The van der Waals surface area contributed by atoms with Gasteiger partial charge in [0.2, 0.25) is 0 Å². The van der Waals surface area contributed by atoms with E-state index in [2.05, 4.69) is 39.1 Å². The molecule has 5 nitrogen and oxygen atoms in total. The number of aromatic nitrogens is 3. The number of para-hydroxylation sites is 1. The third kappa shape index (κ3) is 3.67. The highest BCUT2D eigenvalue weighted by Gasteiger charge is 2.24. The Morgan fingerprint density at radius 2 is 1.96 bits per heavy atom. The third-order valence-corrected chi connectivity index (χ3v) is 4.51. The highest BCUT2D eigenvalue weighted by atomic mass is 16.5. The zero-order valence-corrected chi connectivity index (χ0v) is 14.6. The lowest BCUT2D eigenvalue weighted by Crippen LogP contribution is -2.38. The first-order chi connectivity index (χ1) is 12.2. The fourth-order valence-electron chi connectivity index (χ4n) is 3.36.